The van der Waals surface area contributed by atoms with E-state index in [1.165, 1.54) is 25.6 Å². The molecule has 0 saturated carbocycles. The molecule has 3 aromatic carbocycles. The van der Waals surface area contributed by atoms with Gasteiger partial charge in [-0.15, -0.1) is 0 Å². The van der Waals surface area contributed by atoms with Gasteiger partial charge in [-0.05, 0) is 49.2 Å². The van der Waals surface area contributed by atoms with Crippen LogP contribution in [0.2, 0.25) is 0 Å². The fraction of sp³-hybridized carbons (Fsp3) is 0.222. The van der Waals surface area contributed by atoms with Crippen molar-refractivity contribution in [3.63, 3.8) is 0 Å². The average Bonchev–Trinajstić information content (AvgIpc) is 3.38. The first-order valence-electron chi connectivity index (χ1n) is 10.7. The van der Waals surface area contributed by atoms with E-state index >= 15 is 0 Å². The van der Waals surface area contributed by atoms with E-state index in [0.717, 1.165) is 35.5 Å². The van der Waals surface area contributed by atoms with Crippen LogP contribution >= 0.6 is 0 Å². The van der Waals surface area contributed by atoms with Gasteiger partial charge in [-0.2, -0.15) is 0 Å². The van der Waals surface area contributed by atoms with Crippen LogP contribution < -0.4 is 9.64 Å². The number of methoxy groups -OCH3 is 1. The molecule has 1 saturated heterocycles. The van der Waals surface area contributed by atoms with Crippen molar-refractivity contribution < 1.29 is 14.3 Å². The summed E-state index contributed by atoms with van der Waals surface area (Å²) in [5.41, 5.74) is 4.03. The second kappa shape index (κ2) is 7.95. The van der Waals surface area contributed by atoms with Gasteiger partial charge in [-0.25, -0.2) is 4.79 Å². The molecule has 0 radical (unpaired) electrons. The maximum Gasteiger partial charge on any atom is 0.337 e. The summed E-state index contributed by atoms with van der Waals surface area (Å²) in [7, 11) is 1.39. The molecule has 3 aromatic rings. The maximum atomic E-state index is 11.9. The molecule has 31 heavy (non-hydrogen) atoms. The van der Waals surface area contributed by atoms with E-state index in [1.54, 1.807) is 6.07 Å². The lowest BCUT2D eigenvalue weighted by atomic mass is 9.83. The number of benzene rings is 3. The third-order valence-electron chi connectivity index (χ3n) is 6.17. The van der Waals surface area contributed by atoms with Crippen molar-refractivity contribution in [2.75, 3.05) is 25.1 Å². The van der Waals surface area contributed by atoms with Crippen LogP contribution in [0, 0.1) is 0 Å². The van der Waals surface area contributed by atoms with Gasteiger partial charge in [0.15, 0.2) is 5.60 Å². The van der Waals surface area contributed by atoms with Crippen molar-refractivity contribution in [2.45, 2.75) is 18.4 Å². The smallest absolute Gasteiger partial charge is 0.337 e. The lowest BCUT2D eigenvalue weighted by Gasteiger charge is -2.36. The lowest BCUT2D eigenvalue weighted by Crippen LogP contribution is -2.34. The molecule has 1 fully saturated rings. The normalized spacial score (nSPS) is 19.6. The number of hydrogen-bond donors (Lipinski definition) is 0. The summed E-state index contributed by atoms with van der Waals surface area (Å²) in [6.45, 7) is 2.24. The molecule has 156 valence electrons. The van der Waals surface area contributed by atoms with Crippen LogP contribution in [0.5, 0.6) is 5.75 Å². The zero-order valence-corrected chi connectivity index (χ0v) is 17.6. The highest BCUT2D eigenvalue weighted by Gasteiger charge is 2.37. The predicted octanol–water partition coefficient (Wildman–Crippen LogP) is 5.42. The first kappa shape index (κ1) is 19.4. The Morgan fingerprint density at radius 2 is 1.65 bits per heavy atom. The van der Waals surface area contributed by atoms with Crippen LogP contribution in [0.4, 0.5) is 5.69 Å². The summed E-state index contributed by atoms with van der Waals surface area (Å²) < 4.78 is 11.5. The van der Waals surface area contributed by atoms with Gasteiger partial charge in [0.1, 0.15) is 5.75 Å². The zero-order valence-electron chi connectivity index (χ0n) is 17.6. The van der Waals surface area contributed by atoms with Crippen molar-refractivity contribution in [1.29, 1.82) is 0 Å². The van der Waals surface area contributed by atoms with Gasteiger partial charge in [0.2, 0.25) is 0 Å². The standard InChI is InChI=1S/C27H25NO3/c1-30-26(29)21-9-14-25-20(19-21)15-16-27(31-25,22-7-3-2-4-8-22)23-10-12-24(13-11-23)28-17-5-6-18-28/h2-4,7-16,19H,5-6,17-18H2,1H3. The molecule has 0 spiro atoms. The zero-order chi connectivity index (χ0) is 21.3. The molecule has 1 unspecified atom stereocenters. The Balaban J connectivity index is 1.56. The molecular formula is C27H25NO3. The Labute approximate surface area is 182 Å². The summed E-state index contributed by atoms with van der Waals surface area (Å²) in [5, 5.41) is 0. The largest absolute Gasteiger partial charge is 0.473 e. The molecule has 5 rings (SSSR count). The van der Waals surface area contributed by atoms with Crippen molar-refractivity contribution in [1.82, 2.24) is 0 Å². The Morgan fingerprint density at radius 1 is 0.935 bits per heavy atom. The van der Waals surface area contributed by atoms with Crippen LogP contribution in [0.1, 0.15) is 39.9 Å². The van der Waals surface area contributed by atoms with Crippen LogP contribution in [0.3, 0.4) is 0 Å². The lowest BCUT2D eigenvalue weighted by molar-refractivity contribution is 0.0600. The molecule has 1 atom stereocenters. The number of carbonyl (C=O) groups is 1. The molecule has 0 aliphatic carbocycles. The second-order valence-corrected chi connectivity index (χ2v) is 8.02. The van der Waals surface area contributed by atoms with Crippen molar-refractivity contribution >= 4 is 17.7 Å². The van der Waals surface area contributed by atoms with Gasteiger partial charge in [-0.3, -0.25) is 0 Å². The van der Waals surface area contributed by atoms with Gasteiger partial charge in [-0.1, -0.05) is 48.5 Å². The summed E-state index contributed by atoms with van der Waals surface area (Å²) in [4.78, 5) is 14.4. The number of rotatable bonds is 4. The van der Waals surface area contributed by atoms with Gasteiger partial charge < -0.3 is 14.4 Å². The molecule has 0 amide bonds. The van der Waals surface area contributed by atoms with Crippen LogP contribution in [-0.2, 0) is 10.3 Å². The Kier molecular flexibility index (Phi) is 4.99. The summed E-state index contributed by atoms with van der Waals surface area (Å²) in [6.07, 6.45) is 6.63. The minimum atomic E-state index is -0.732. The first-order chi connectivity index (χ1) is 15.2. The highest BCUT2D eigenvalue weighted by Crippen LogP contribution is 2.42. The number of fused-ring (bicyclic) bond motifs is 1. The Hall–Kier alpha value is -3.53. The molecule has 0 aromatic heterocycles. The highest BCUT2D eigenvalue weighted by atomic mass is 16.5. The Morgan fingerprint density at radius 3 is 2.35 bits per heavy atom. The third kappa shape index (κ3) is 3.48. The van der Waals surface area contributed by atoms with Crippen molar-refractivity contribution in [2.24, 2.45) is 0 Å². The summed E-state index contributed by atoms with van der Waals surface area (Å²) >= 11 is 0. The first-order valence-corrected chi connectivity index (χ1v) is 10.7. The average molecular weight is 412 g/mol. The van der Waals surface area contributed by atoms with Crippen LogP contribution in [0.25, 0.3) is 6.08 Å². The fourth-order valence-corrected chi connectivity index (χ4v) is 4.49. The van der Waals surface area contributed by atoms with Gasteiger partial charge in [0.25, 0.3) is 0 Å². The van der Waals surface area contributed by atoms with E-state index in [1.807, 2.05) is 36.4 Å². The second-order valence-electron chi connectivity index (χ2n) is 8.02. The third-order valence-corrected chi connectivity index (χ3v) is 6.17. The molecule has 0 bridgehead atoms. The molecule has 4 nitrogen and oxygen atoms in total. The van der Waals surface area contributed by atoms with Crippen molar-refractivity contribution in [3.05, 3.63) is 101 Å². The van der Waals surface area contributed by atoms with Gasteiger partial charge in [0.05, 0.1) is 12.7 Å². The van der Waals surface area contributed by atoms with E-state index < -0.39 is 5.60 Å². The van der Waals surface area contributed by atoms with Gasteiger partial charge in [0, 0.05) is 35.5 Å². The molecule has 2 heterocycles. The molecular weight excluding hydrogens is 386 g/mol. The minimum Gasteiger partial charge on any atom is -0.473 e. The summed E-state index contributed by atoms with van der Waals surface area (Å²) in [6, 6.07) is 24.4. The molecule has 0 N–H and O–H groups in total. The SMILES string of the molecule is COC(=O)c1ccc2c(c1)C=CC(c1ccccc1)(c1ccc(N3CCCC3)cc1)O2. The van der Waals surface area contributed by atoms with Crippen molar-refractivity contribution in [3.8, 4) is 5.75 Å². The predicted molar refractivity (Wildman–Crippen MR) is 123 cm³/mol. The minimum absolute atomic E-state index is 0.353. The molecule has 2 aliphatic rings. The molecule has 4 heteroatoms. The quantitative estimate of drug-likeness (QED) is 0.537. The van der Waals surface area contributed by atoms with Crippen LogP contribution in [0.15, 0.2) is 78.9 Å². The van der Waals surface area contributed by atoms with Gasteiger partial charge >= 0.3 is 5.97 Å². The highest BCUT2D eigenvalue weighted by molar-refractivity contribution is 5.90. The maximum absolute atomic E-state index is 11.9. The van der Waals surface area contributed by atoms with Crippen LogP contribution in [-0.4, -0.2) is 26.2 Å². The van der Waals surface area contributed by atoms with E-state index in [0.29, 0.717) is 5.56 Å². The number of hydrogen-bond acceptors (Lipinski definition) is 4. The topological polar surface area (TPSA) is 38.8 Å². The van der Waals surface area contributed by atoms with E-state index in [-0.39, 0.29) is 5.97 Å². The van der Waals surface area contributed by atoms with E-state index in [9.17, 15) is 4.79 Å². The number of carbonyl (C=O) groups excluding carboxylic acids is 1. The monoisotopic (exact) mass is 411 g/mol. The Bertz CT molecular complexity index is 1110. The number of anilines is 1. The number of esters is 1. The molecule has 2 aliphatic heterocycles. The summed E-state index contributed by atoms with van der Waals surface area (Å²) in [5.74, 6) is 0.385. The number of ether oxygens (including phenoxy) is 2. The number of nitrogens with zero attached hydrogens (tertiary/aromatic N) is 1. The van der Waals surface area contributed by atoms with E-state index in [4.69, 9.17) is 9.47 Å². The van der Waals surface area contributed by atoms with E-state index in [2.05, 4.69) is 47.4 Å². The fourth-order valence-electron chi connectivity index (χ4n) is 4.49.